The van der Waals surface area contributed by atoms with E-state index in [4.69, 9.17) is 11.6 Å². The maximum Gasteiger partial charge on any atom is 0.145 e. The molecule has 0 nitrogen and oxygen atoms in total. The monoisotopic (exact) mass is 436 g/mol. The number of hydrogen-bond donors (Lipinski definition) is 0. The fourth-order valence-corrected chi connectivity index (χ4v) is 4.41. The van der Waals surface area contributed by atoms with Gasteiger partial charge >= 0.3 is 0 Å². The molecule has 2 rings (SSSR count). The van der Waals surface area contributed by atoms with Gasteiger partial charge in [0, 0.05) is 16.1 Å². The highest BCUT2D eigenvalue weighted by Crippen LogP contribution is 2.34. The van der Waals surface area contributed by atoms with Gasteiger partial charge in [-0.1, -0.05) is 67.7 Å². The van der Waals surface area contributed by atoms with Gasteiger partial charge in [0.05, 0.1) is 5.02 Å². The van der Waals surface area contributed by atoms with Crippen molar-refractivity contribution in [2.24, 2.45) is 0 Å². The molecule has 0 unspecified atom stereocenters. The van der Waals surface area contributed by atoms with Gasteiger partial charge in [0.2, 0.25) is 0 Å². The Kier molecular flexibility index (Phi) is 5.81. The van der Waals surface area contributed by atoms with Crippen LogP contribution in [-0.4, -0.2) is 10.7 Å². The van der Waals surface area contributed by atoms with E-state index >= 15 is 0 Å². The molecule has 5 heteroatoms. The van der Waals surface area contributed by atoms with E-state index in [1.807, 2.05) is 0 Å². The number of alkyl halides is 2. The van der Waals surface area contributed by atoms with Crippen molar-refractivity contribution in [1.29, 1.82) is 0 Å². The summed E-state index contributed by atoms with van der Waals surface area (Å²) in [5.41, 5.74) is 1.11. The molecule has 2 aromatic rings. The van der Waals surface area contributed by atoms with Gasteiger partial charge in [0.25, 0.3) is 0 Å². The standard InChI is InChI=1S/C16H13Br2ClF2/c17-9-16(10-18,12-4-6-13(20)7-5-12)8-11-2-1-3-14(19)15(11)21/h1-7H,8-10H2. The molecular weight excluding hydrogens is 425 g/mol. The minimum Gasteiger partial charge on any atom is -0.207 e. The Hall–Kier alpha value is -0.450. The molecule has 0 saturated heterocycles. The summed E-state index contributed by atoms with van der Waals surface area (Å²) in [5, 5.41) is 1.34. The van der Waals surface area contributed by atoms with Crippen molar-refractivity contribution in [3.63, 3.8) is 0 Å². The summed E-state index contributed by atoms with van der Waals surface area (Å²) in [6.07, 6.45) is 0.460. The van der Waals surface area contributed by atoms with Crippen LogP contribution in [0.3, 0.4) is 0 Å². The molecule has 0 bridgehead atoms. The molecule has 0 radical (unpaired) electrons. The smallest absolute Gasteiger partial charge is 0.145 e. The van der Waals surface area contributed by atoms with Crippen LogP contribution in [0.4, 0.5) is 8.78 Å². The van der Waals surface area contributed by atoms with Gasteiger partial charge in [0.1, 0.15) is 11.6 Å². The van der Waals surface area contributed by atoms with Crippen molar-refractivity contribution >= 4 is 43.5 Å². The zero-order chi connectivity index (χ0) is 15.5. The Morgan fingerprint density at radius 2 is 1.57 bits per heavy atom. The van der Waals surface area contributed by atoms with Crippen LogP contribution in [-0.2, 0) is 11.8 Å². The second-order valence-electron chi connectivity index (χ2n) is 4.94. The molecule has 0 fully saturated rings. The predicted octanol–water partition coefficient (Wildman–Crippen LogP) is 5.89. The van der Waals surface area contributed by atoms with Crippen LogP contribution in [0.5, 0.6) is 0 Å². The van der Waals surface area contributed by atoms with Crippen molar-refractivity contribution in [1.82, 2.24) is 0 Å². The van der Waals surface area contributed by atoms with E-state index < -0.39 is 5.82 Å². The van der Waals surface area contributed by atoms with Crippen LogP contribution >= 0.6 is 43.5 Å². The molecule has 0 N–H and O–H groups in total. The third-order valence-corrected chi connectivity index (χ3v) is 5.97. The number of hydrogen-bond acceptors (Lipinski definition) is 0. The van der Waals surface area contributed by atoms with Crippen molar-refractivity contribution in [2.45, 2.75) is 11.8 Å². The van der Waals surface area contributed by atoms with Crippen molar-refractivity contribution in [3.8, 4) is 0 Å². The molecule has 112 valence electrons. The summed E-state index contributed by atoms with van der Waals surface area (Å²) in [6, 6.07) is 11.3. The zero-order valence-electron chi connectivity index (χ0n) is 11.1. The van der Waals surface area contributed by atoms with Crippen LogP contribution in [0.2, 0.25) is 5.02 Å². The summed E-state index contributed by atoms with van der Waals surface area (Å²) in [7, 11) is 0. The molecule has 0 aliphatic rings. The maximum absolute atomic E-state index is 14.2. The molecule has 0 amide bonds. The lowest BCUT2D eigenvalue weighted by Gasteiger charge is -2.31. The summed E-state index contributed by atoms with van der Waals surface area (Å²) in [5.74, 6) is -0.682. The van der Waals surface area contributed by atoms with E-state index in [-0.39, 0.29) is 16.3 Å². The fourth-order valence-electron chi connectivity index (χ4n) is 2.24. The average molecular weight is 439 g/mol. The first kappa shape index (κ1) is 16.9. The molecule has 0 aliphatic carbocycles. The lowest BCUT2D eigenvalue weighted by Crippen LogP contribution is -2.33. The molecule has 0 atom stereocenters. The first-order chi connectivity index (χ1) is 10.0. The minimum absolute atomic E-state index is 0.115. The normalized spacial score (nSPS) is 11.7. The van der Waals surface area contributed by atoms with E-state index in [1.54, 1.807) is 24.3 Å². The van der Waals surface area contributed by atoms with E-state index in [9.17, 15) is 8.78 Å². The number of rotatable bonds is 5. The Morgan fingerprint density at radius 1 is 0.952 bits per heavy atom. The highest BCUT2D eigenvalue weighted by molar-refractivity contribution is 9.09. The van der Waals surface area contributed by atoms with E-state index in [1.165, 1.54) is 18.2 Å². The summed E-state index contributed by atoms with van der Waals surface area (Å²) in [4.78, 5) is 0. The second-order valence-corrected chi connectivity index (χ2v) is 6.47. The fraction of sp³-hybridized carbons (Fsp3) is 0.250. The largest absolute Gasteiger partial charge is 0.207 e. The average Bonchev–Trinajstić information content (AvgIpc) is 2.50. The summed E-state index contributed by atoms with van der Waals surface area (Å²) >= 11 is 12.9. The molecule has 0 aliphatic heterocycles. The van der Waals surface area contributed by atoms with Crippen LogP contribution in [0.1, 0.15) is 11.1 Å². The first-order valence-electron chi connectivity index (χ1n) is 6.33. The highest BCUT2D eigenvalue weighted by atomic mass is 79.9. The van der Waals surface area contributed by atoms with Gasteiger partial charge < -0.3 is 0 Å². The predicted molar refractivity (Wildman–Crippen MR) is 90.8 cm³/mol. The quantitative estimate of drug-likeness (QED) is 0.511. The maximum atomic E-state index is 14.2. The topological polar surface area (TPSA) is 0 Å². The number of halogens is 5. The van der Waals surface area contributed by atoms with E-state index in [2.05, 4.69) is 31.9 Å². The van der Waals surface area contributed by atoms with Gasteiger partial charge in [-0.25, -0.2) is 8.78 Å². The minimum atomic E-state index is -0.396. The van der Waals surface area contributed by atoms with Gasteiger partial charge in [-0.3, -0.25) is 0 Å². The van der Waals surface area contributed by atoms with Crippen molar-refractivity contribution in [3.05, 3.63) is 70.2 Å². The second kappa shape index (κ2) is 7.21. The van der Waals surface area contributed by atoms with Gasteiger partial charge in [-0.15, -0.1) is 0 Å². The van der Waals surface area contributed by atoms with Crippen LogP contribution in [0.25, 0.3) is 0 Å². The molecule has 0 aromatic heterocycles. The van der Waals surface area contributed by atoms with Crippen LogP contribution < -0.4 is 0 Å². The summed E-state index contributed by atoms with van der Waals surface area (Å²) in [6.45, 7) is 0. The van der Waals surface area contributed by atoms with Crippen molar-refractivity contribution in [2.75, 3.05) is 10.7 Å². The Bertz CT molecular complexity index is 610. The van der Waals surface area contributed by atoms with E-state index in [0.29, 0.717) is 22.6 Å². The molecule has 0 heterocycles. The molecular formula is C16H13Br2ClF2. The van der Waals surface area contributed by atoms with Crippen LogP contribution in [0.15, 0.2) is 42.5 Å². The molecule has 21 heavy (non-hydrogen) atoms. The molecule has 0 spiro atoms. The summed E-state index contributed by atoms with van der Waals surface area (Å²) < 4.78 is 27.3. The Balaban J connectivity index is 2.43. The van der Waals surface area contributed by atoms with Crippen LogP contribution in [0, 0.1) is 11.6 Å². The molecule has 0 saturated carbocycles. The Labute approximate surface area is 144 Å². The zero-order valence-corrected chi connectivity index (χ0v) is 15.0. The number of benzene rings is 2. The molecule has 2 aromatic carbocycles. The van der Waals surface area contributed by atoms with Crippen molar-refractivity contribution < 1.29 is 8.78 Å². The lowest BCUT2D eigenvalue weighted by molar-refractivity contribution is 0.521. The van der Waals surface area contributed by atoms with Gasteiger partial charge in [-0.2, -0.15) is 0 Å². The Morgan fingerprint density at radius 3 is 2.14 bits per heavy atom. The SMILES string of the molecule is Fc1ccc(C(CBr)(CBr)Cc2cccc(Cl)c2F)cc1. The third-order valence-electron chi connectivity index (χ3n) is 3.53. The third kappa shape index (κ3) is 3.66. The van der Waals surface area contributed by atoms with Gasteiger partial charge in [-0.05, 0) is 35.7 Å². The van der Waals surface area contributed by atoms with Gasteiger partial charge in [0.15, 0.2) is 0 Å². The lowest BCUT2D eigenvalue weighted by atomic mass is 9.79. The first-order valence-corrected chi connectivity index (χ1v) is 8.95. The van der Waals surface area contributed by atoms with E-state index in [0.717, 1.165) is 5.56 Å². The highest BCUT2D eigenvalue weighted by Gasteiger charge is 2.31.